The van der Waals surface area contributed by atoms with Crippen molar-refractivity contribution in [3.63, 3.8) is 0 Å². The van der Waals surface area contributed by atoms with Crippen molar-refractivity contribution in [3.8, 4) is 5.75 Å². The molecular formula is C18H21N3O2. The van der Waals surface area contributed by atoms with Crippen LogP contribution in [0.2, 0.25) is 0 Å². The van der Waals surface area contributed by atoms with E-state index in [2.05, 4.69) is 10.2 Å². The van der Waals surface area contributed by atoms with Crippen molar-refractivity contribution in [1.29, 1.82) is 0 Å². The Kier molecular flexibility index (Phi) is 4.37. The number of ether oxygens (including phenoxy) is 1. The Morgan fingerprint density at radius 2 is 2.13 bits per heavy atom. The number of hydrogen-bond acceptors (Lipinski definition) is 4. The molecule has 0 aromatic heterocycles. The molecule has 0 saturated heterocycles. The largest absolute Gasteiger partial charge is 0.490 e. The molecule has 1 aliphatic heterocycles. The smallest absolute Gasteiger partial charge is 0.224 e. The maximum absolute atomic E-state index is 12.1. The minimum absolute atomic E-state index is 0.0208. The van der Waals surface area contributed by atoms with Crippen LogP contribution in [0.1, 0.15) is 12.0 Å². The number of nitrogen functional groups attached to an aromatic ring is 1. The minimum atomic E-state index is -0.0208. The molecule has 0 fully saturated rings. The van der Waals surface area contributed by atoms with Crippen LogP contribution >= 0.6 is 0 Å². The molecule has 0 radical (unpaired) electrons. The molecule has 2 aromatic rings. The summed E-state index contributed by atoms with van der Waals surface area (Å²) < 4.78 is 5.60. The van der Waals surface area contributed by atoms with Crippen LogP contribution in [0.5, 0.6) is 5.75 Å². The number of aryl methyl sites for hydroxylation is 1. The van der Waals surface area contributed by atoms with E-state index in [4.69, 9.17) is 10.5 Å². The van der Waals surface area contributed by atoms with Crippen molar-refractivity contribution in [3.05, 3.63) is 48.0 Å². The van der Waals surface area contributed by atoms with Crippen LogP contribution in [-0.2, 0) is 11.2 Å². The van der Waals surface area contributed by atoms with Gasteiger partial charge in [-0.25, -0.2) is 0 Å². The highest BCUT2D eigenvalue weighted by molar-refractivity contribution is 5.91. The molecule has 0 spiro atoms. The number of rotatable bonds is 4. The lowest BCUT2D eigenvalue weighted by atomic mass is 10.1. The average molecular weight is 311 g/mol. The molecule has 2 aromatic carbocycles. The highest BCUT2D eigenvalue weighted by atomic mass is 16.5. The van der Waals surface area contributed by atoms with Crippen LogP contribution in [0.25, 0.3) is 0 Å². The second-order valence-electron chi connectivity index (χ2n) is 5.70. The van der Waals surface area contributed by atoms with Crippen LogP contribution in [0.4, 0.5) is 17.1 Å². The number of benzene rings is 2. The molecule has 1 heterocycles. The zero-order valence-electron chi connectivity index (χ0n) is 13.2. The summed E-state index contributed by atoms with van der Waals surface area (Å²) in [5, 5.41) is 2.94. The molecule has 5 nitrogen and oxygen atoms in total. The summed E-state index contributed by atoms with van der Waals surface area (Å²) in [6, 6.07) is 13.3. The third-order valence-corrected chi connectivity index (χ3v) is 4.01. The zero-order chi connectivity index (χ0) is 16.2. The predicted octanol–water partition coefficient (Wildman–Crippen LogP) is 2.67. The van der Waals surface area contributed by atoms with Gasteiger partial charge in [0.05, 0.1) is 12.2 Å². The molecule has 23 heavy (non-hydrogen) atoms. The molecule has 0 aliphatic carbocycles. The zero-order valence-corrected chi connectivity index (χ0v) is 13.2. The first-order chi connectivity index (χ1) is 11.1. The van der Waals surface area contributed by atoms with E-state index in [9.17, 15) is 4.79 Å². The number of amides is 1. The first-order valence-electron chi connectivity index (χ1n) is 7.75. The Balaban J connectivity index is 1.62. The topological polar surface area (TPSA) is 67.6 Å². The standard InChI is InChI=1S/C18H21N3O2/c1-21-10-11-23-17-8-7-14(12-16(17)21)20-18(22)9-6-13-4-2-3-5-15(13)19/h2-5,7-8,12H,6,9-11,19H2,1H3,(H,20,22). The fourth-order valence-corrected chi connectivity index (χ4v) is 2.66. The van der Waals surface area contributed by atoms with Gasteiger partial charge in [0.25, 0.3) is 0 Å². The van der Waals surface area contributed by atoms with Gasteiger partial charge in [-0.15, -0.1) is 0 Å². The van der Waals surface area contributed by atoms with Gasteiger partial charge in [0.2, 0.25) is 5.91 Å². The Morgan fingerprint density at radius 1 is 1.30 bits per heavy atom. The van der Waals surface area contributed by atoms with Crippen molar-refractivity contribution in [2.24, 2.45) is 0 Å². The fraction of sp³-hybridized carbons (Fsp3) is 0.278. The van der Waals surface area contributed by atoms with Gasteiger partial charge < -0.3 is 20.7 Å². The normalized spacial score (nSPS) is 13.2. The number of fused-ring (bicyclic) bond motifs is 1. The molecule has 5 heteroatoms. The third kappa shape index (κ3) is 3.56. The highest BCUT2D eigenvalue weighted by Gasteiger charge is 2.15. The lowest BCUT2D eigenvalue weighted by Gasteiger charge is -2.28. The monoisotopic (exact) mass is 311 g/mol. The van der Waals surface area contributed by atoms with Crippen LogP contribution < -0.4 is 20.7 Å². The summed E-state index contributed by atoms with van der Waals surface area (Å²) in [5.74, 6) is 0.835. The van der Waals surface area contributed by atoms with Crippen LogP contribution in [0.15, 0.2) is 42.5 Å². The van der Waals surface area contributed by atoms with Gasteiger partial charge in [0.1, 0.15) is 12.4 Å². The van der Waals surface area contributed by atoms with Gasteiger partial charge in [-0.2, -0.15) is 0 Å². The fourth-order valence-electron chi connectivity index (χ4n) is 2.66. The van der Waals surface area contributed by atoms with Crippen molar-refractivity contribution in [2.45, 2.75) is 12.8 Å². The lowest BCUT2D eigenvalue weighted by Crippen LogP contribution is -2.28. The Morgan fingerprint density at radius 3 is 2.96 bits per heavy atom. The molecule has 3 rings (SSSR count). The molecule has 0 bridgehead atoms. The average Bonchev–Trinajstić information content (AvgIpc) is 2.55. The quantitative estimate of drug-likeness (QED) is 0.852. The second kappa shape index (κ2) is 6.60. The molecule has 3 N–H and O–H groups in total. The molecule has 0 unspecified atom stereocenters. The molecule has 0 atom stereocenters. The van der Waals surface area contributed by atoms with Gasteiger partial charge >= 0.3 is 0 Å². The number of carbonyl (C=O) groups excluding carboxylic acids is 1. The summed E-state index contributed by atoms with van der Waals surface area (Å²) in [5.41, 5.74) is 9.42. The van der Waals surface area contributed by atoms with Gasteiger partial charge in [0.15, 0.2) is 0 Å². The number of nitrogens with zero attached hydrogens (tertiary/aromatic N) is 1. The van der Waals surface area contributed by atoms with Crippen LogP contribution in [0, 0.1) is 0 Å². The highest BCUT2D eigenvalue weighted by Crippen LogP contribution is 2.33. The number of likely N-dealkylation sites (N-methyl/N-ethyl adjacent to an activating group) is 1. The summed E-state index contributed by atoms with van der Waals surface area (Å²) in [4.78, 5) is 14.3. The van der Waals surface area contributed by atoms with Crippen LogP contribution in [0.3, 0.4) is 0 Å². The summed E-state index contributed by atoms with van der Waals surface area (Å²) in [7, 11) is 2.02. The first kappa shape index (κ1) is 15.2. The maximum Gasteiger partial charge on any atom is 0.224 e. The Hall–Kier alpha value is -2.69. The van der Waals surface area contributed by atoms with E-state index < -0.39 is 0 Å². The summed E-state index contributed by atoms with van der Waals surface area (Å²) in [6.07, 6.45) is 1.03. The second-order valence-corrected chi connectivity index (χ2v) is 5.70. The Bertz CT molecular complexity index is 715. The van der Waals surface area contributed by atoms with Crippen LogP contribution in [-0.4, -0.2) is 26.1 Å². The van der Waals surface area contributed by atoms with E-state index in [0.29, 0.717) is 19.4 Å². The van der Waals surface area contributed by atoms with E-state index in [0.717, 1.165) is 34.9 Å². The van der Waals surface area contributed by atoms with Gasteiger partial charge in [0, 0.05) is 24.8 Å². The molecular weight excluding hydrogens is 290 g/mol. The van der Waals surface area contributed by atoms with E-state index >= 15 is 0 Å². The van der Waals surface area contributed by atoms with Gasteiger partial charge in [-0.05, 0) is 36.2 Å². The number of nitrogens with two attached hydrogens (primary N) is 1. The SMILES string of the molecule is CN1CCOc2ccc(NC(=O)CCc3ccccc3N)cc21. The molecule has 0 saturated carbocycles. The molecule has 1 aliphatic rings. The van der Waals surface area contributed by atoms with E-state index in [-0.39, 0.29) is 5.91 Å². The van der Waals surface area contributed by atoms with Crippen molar-refractivity contribution in [1.82, 2.24) is 0 Å². The van der Waals surface area contributed by atoms with Crippen molar-refractivity contribution >= 4 is 23.0 Å². The summed E-state index contributed by atoms with van der Waals surface area (Å²) >= 11 is 0. The number of para-hydroxylation sites is 1. The van der Waals surface area contributed by atoms with Crippen molar-refractivity contribution in [2.75, 3.05) is 36.1 Å². The van der Waals surface area contributed by atoms with E-state index in [1.165, 1.54) is 0 Å². The third-order valence-electron chi connectivity index (χ3n) is 4.01. The first-order valence-corrected chi connectivity index (χ1v) is 7.75. The van der Waals surface area contributed by atoms with E-state index in [1.54, 1.807) is 0 Å². The number of hydrogen-bond donors (Lipinski definition) is 2. The number of anilines is 3. The Labute approximate surface area is 136 Å². The van der Waals surface area contributed by atoms with Crippen molar-refractivity contribution < 1.29 is 9.53 Å². The number of nitrogens with one attached hydrogen (secondary N) is 1. The maximum atomic E-state index is 12.1. The molecule has 1 amide bonds. The minimum Gasteiger partial charge on any atom is -0.490 e. The lowest BCUT2D eigenvalue weighted by molar-refractivity contribution is -0.116. The molecule has 120 valence electrons. The van der Waals surface area contributed by atoms with Gasteiger partial charge in [-0.3, -0.25) is 4.79 Å². The van der Waals surface area contributed by atoms with Gasteiger partial charge in [-0.1, -0.05) is 18.2 Å². The predicted molar refractivity (Wildman–Crippen MR) is 93.0 cm³/mol. The number of carbonyl (C=O) groups is 1. The van der Waals surface area contributed by atoms with E-state index in [1.807, 2.05) is 49.5 Å². The summed E-state index contributed by atoms with van der Waals surface area (Å²) in [6.45, 7) is 1.53.